The van der Waals surface area contributed by atoms with Crippen LogP contribution in [0.1, 0.15) is 39.7 Å². The summed E-state index contributed by atoms with van der Waals surface area (Å²) in [6.07, 6.45) is 0.581. The van der Waals surface area contributed by atoms with Gasteiger partial charge in [0.2, 0.25) is 0 Å². The van der Waals surface area contributed by atoms with E-state index < -0.39 is 6.10 Å². The number of nitrogens with zero attached hydrogens (tertiary/aromatic N) is 1. The van der Waals surface area contributed by atoms with E-state index in [1.165, 1.54) is 5.56 Å². The summed E-state index contributed by atoms with van der Waals surface area (Å²) in [6.45, 7) is 11.1. The lowest BCUT2D eigenvalue weighted by atomic mass is 10.1. The van der Waals surface area contributed by atoms with Gasteiger partial charge in [-0.15, -0.1) is 0 Å². The van der Waals surface area contributed by atoms with Crippen LogP contribution in [-0.4, -0.2) is 49.0 Å². The van der Waals surface area contributed by atoms with Gasteiger partial charge in [0, 0.05) is 25.7 Å². The quantitative estimate of drug-likeness (QED) is 0.678. The molecular weight excluding hydrogens is 290 g/mol. The molecule has 23 heavy (non-hydrogen) atoms. The zero-order valence-corrected chi connectivity index (χ0v) is 15.3. The second-order valence-electron chi connectivity index (χ2n) is 6.62. The van der Waals surface area contributed by atoms with E-state index in [4.69, 9.17) is 9.47 Å². The summed E-state index contributed by atoms with van der Waals surface area (Å²) in [5, 5.41) is 10.3. The molecule has 0 fully saturated rings. The van der Waals surface area contributed by atoms with E-state index in [0.29, 0.717) is 31.7 Å². The number of aliphatic hydroxyl groups excluding tert-OH is 1. The first-order valence-corrected chi connectivity index (χ1v) is 8.59. The van der Waals surface area contributed by atoms with E-state index in [-0.39, 0.29) is 0 Å². The number of aliphatic hydroxyl groups is 1. The van der Waals surface area contributed by atoms with E-state index in [1.54, 1.807) is 7.11 Å². The van der Waals surface area contributed by atoms with Gasteiger partial charge in [0.15, 0.2) is 0 Å². The first-order chi connectivity index (χ1) is 11.0. The fourth-order valence-corrected chi connectivity index (χ4v) is 2.43. The summed E-state index contributed by atoms with van der Waals surface area (Å²) < 4.78 is 10.9. The molecule has 1 aromatic rings. The van der Waals surface area contributed by atoms with Crippen LogP contribution in [0.25, 0.3) is 0 Å². The molecule has 0 saturated heterocycles. The van der Waals surface area contributed by atoms with E-state index in [9.17, 15) is 5.11 Å². The Morgan fingerprint density at radius 3 is 2.52 bits per heavy atom. The molecule has 0 aliphatic carbocycles. The van der Waals surface area contributed by atoms with Gasteiger partial charge in [-0.2, -0.15) is 0 Å². The molecule has 0 aromatic heterocycles. The third kappa shape index (κ3) is 7.82. The normalized spacial score (nSPS) is 14.3. The van der Waals surface area contributed by atoms with E-state index in [0.717, 1.165) is 18.7 Å². The highest BCUT2D eigenvalue weighted by Crippen LogP contribution is 2.17. The summed E-state index contributed by atoms with van der Waals surface area (Å²) in [7, 11) is 1.68. The van der Waals surface area contributed by atoms with Crippen molar-refractivity contribution in [1.82, 2.24) is 4.90 Å². The highest BCUT2D eigenvalue weighted by molar-refractivity contribution is 5.28. The molecule has 2 atom stereocenters. The van der Waals surface area contributed by atoms with Crippen LogP contribution in [0.2, 0.25) is 0 Å². The van der Waals surface area contributed by atoms with Gasteiger partial charge in [-0.25, -0.2) is 0 Å². The van der Waals surface area contributed by atoms with Crippen LogP contribution in [-0.2, 0) is 11.3 Å². The smallest absolute Gasteiger partial charge is 0.119 e. The highest BCUT2D eigenvalue weighted by Gasteiger charge is 2.17. The number of benzene rings is 1. The third-order valence-electron chi connectivity index (χ3n) is 3.94. The number of ether oxygens (including phenoxy) is 2. The van der Waals surface area contributed by atoms with Gasteiger partial charge in [0.1, 0.15) is 5.75 Å². The maximum atomic E-state index is 10.3. The van der Waals surface area contributed by atoms with Crippen molar-refractivity contribution in [2.24, 2.45) is 5.92 Å². The molecule has 0 saturated carbocycles. The van der Waals surface area contributed by atoms with Gasteiger partial charge < -0.3 is 14.6 Å². The predicted octanol–water partition coefficient (Wildman–Crippen LogP) is 3.33. The van der Waals surface area contributed by atoms with Crippen LogP contribution >= 0.6 is 0 Å². The van der Waals surface area contributed by atoms with Gasteiger partial charge in [-0.05, 0) is 37.0 Å². The van der Waals surface area contributed by atoms with Gasteiger partial charge in [0.05, 0.1) is 19.8 Å². The van der Waals surface area contributed by atoms with Crippen molar-refractivity contribution in [2.45, 2.75) is 52.8 Å². The molecule has 0 spiro atoms. The van der Waals surface area contributed by atoms with E-state index in [2.05, 4.69) is 44.7 Å². The molecule has 4 heteroatoms. The molecule has 1 N–H and O–H groups in total. The average Bonchev–Trinajstić information content (AvgIpc) is 2.53. The minimum absolute atomic E-state index is 0.392. The van der Waals surface area contributed by atoms with Gasteiger partial charge in [-0.1, -0.05) is 32.9 Å². The molecule has 132 valence electrons. The number of hydrogen-bond acceptors (Lipinski definition) is 4. The van der Waals surface area contributed by atoms with E-state index in [1.807, 2.05) is 12.1 Å². The minimum atomic E-state index is -0.464. The maximum absolute atomic E-state index is 10.3. The lowest BCUT2D eigenvalue weighted by Crippen LogP contribution is -2.40. The SMILES string of the molecule is CC[C@@H](C)N(Cc1cccc(OC)c1)C[C@@H](O)COCC(C)C. The minimum Gasteiger partial charge on any atom is -0.497 e. The topological polar surface area (TPSA) is 41.9 Å². The fourth-order valence-electron chi connectivity index (χ4n) is 2.43. The van der Waals surface area contributed by atoms with Crippen LogP contribution < -0.4 is 4.74 Å². The average molecular weight is 323 g/mol. The summed E-state index contributed by atoms with van der Waals surface area (Å²) in [5.74, 6) is 1.36. The van der Waals surface area contributed by atoms with Gasteiger partial charge >= 0.3 is 0 Å². The molecule has 0 bridgehead atoms. The first-order valence-electron chi connectivity index (χ1n) is 8.59. The monoisotopic (exact) mass is 323 g/mol. The summed E-state index contributed by atoms with van der Waals surface area (Å²) in [4.78, 5) is 2.30. The Kier molecular flexibility index (Phi) is 9.22. The fraction of sp³-hybridized carbons (Fsp3) is 0.684. The van der Waals surface area contributed by atoms with Crippen molar-refractivity contribution in [3.8, 4) is 5.75 Å². The zero-order valence-electron chi connectivity index (χ0n) is 15.3. The Balaban J connectivity index is 2.61. The lowest BCUT2D eigenvalue weighted by molar-refractivity contribution is 0.000115. The van der Waals surface area contributed by atoms with Gasteiger partial charge in [0.25, 0.3) is 0 Å². The molecule has 0 aliphatic rings. The number of rotatable bonds is 11. The second-order valence-corrected chi connectivity index (χ2v) is 6.62. The Bertz CT molecular complexity index is 436. The Hall–Kier alpha value is -1.10. The van der Waals surface area contributed by atoms with E-state index >= 15 is 0 Å². The molecule has 0 unspecified atom stereocenters. The summed E-state index contributed by atoms with van der Waals surface area (Å²) in [5.41, 5.74) is 1.19. The van der Waals surface area contributed by atoms with Crippen molar-refractivity contribution in [3.63, 3.8) is 0 Å². The second kappa shape index (κ2) is 10.6. The molecule has 0 aliphatic heterocycles. The largest absolute Gasteiger partial charge is 0.497 e. The Morgan fingerprint density at radius 2 is 1.91 bits per heavy atom. The molecule has 0 radical (unpaired) electrons. The van der Waals surface area contributed by atoms with Crippen LogP contribution in [0.15, 0.2) is 24.3 Å². The summed E-state index contributed by atoms with van der Waals surface area (Å²) >= 11 is 0. The third-order valence-corrected chi connectivity index (χ3v) is 3.94. The van der Waals surface area contributed by atoms with Crippen molar-refractivity contribution < 1.29 is 14.6 Å². The zero-order chi connectivity index (χ0) is 17.2. The van der Waals surface area contributed by atoms with Crippen molar-refractivity contribution >= 4 is 0 Å². The standard InChI is InChI=1S/C19H33NO3/c1-6-16(4)20(12-18(21)14-23-13-15(2)3)11-17-8-7-9-19(10-17)22-5/h7-10,15-16,18,21H,6,11-14H2,1-5H3/t16-,18-/m1/s1. The Labute approximate surface area is 141 Å². The van der Waals surface area contributed by atoms with Gasteiger partial charge in [-0.3, -0.25) is 4.90 Å². The molecular formula is C19H33NO3. The van der Waals surface area contributed by atoms with Crippen LogP contribution in [0, 0.1) is 5.92 Å². The maximum Gasteiger partial charge on any atom is 0.119 e. The van der Waals surface area contributed by atoms with Crippen molar-refractivity contribution in [3.05, 3.63) is 29.8 Å². The molecule has 1 aromatic carbocycles. The first kappa shape index (κ1) is 19.9. The van der Waals surface area contributed by atoms with Crippen LogP contribution in [0.4, 0.5) is 0 Å². The lowest BCUT2D eigenvalue weighted by Gasteiger charge is -2.30. The number of methoxy groups -OCH3 is 1. The van der Waals surface area contributed by atoms with Crippen LogP contribution in [0.3, 0.4) is 0 Å². The van der Waals surface area contributed by atoms with Crippen molar-refractivity contribution in [2.75, 3.05) is 26.9 Å². The summed E-state index contributed by atoms with van der Waals surface area (Å²) in [6, 6.07) is 8.51. The molecule has 0 amide bonds. The highest BCUT2D eigenvalue weighted by atomic mass is 16.5. The number of hydrogen-bond donors (Lipinski definition) is 1. The molecule has 4 nitrogen and oxygen atoms in total. The molecule has 0 heterocycles. The van der Waals surface area contributed by atoms with Crippen LogP contribution in [0.5, 0.6) is 5.75 Å². The Morgan fingerprint density at radius 1 is 1.17 bits per heavy atom. The predicted molar refractivity (Wildman–Crippen MR) is 94.8 cm³/mol. The molecule has 1 rings (SSSR count). The van der Waals surface area contributed by atoms with Crippen molar-refractivity contribution in [1.29, 1.82) is 0 Å².